The van der Waals surface area contributed by atoms with Crippen molar-refractivity contribution in [1.82, 2.24) is 9.97 Å². The molecule has 44 heavy (non-hydrogen) atoms. The molecule has 2 aromatic carbocycles. The molecule has 232 valence electrons. The van der Waals surface area contributed by atoms with E-state index in [0.717, 1.165) is 48.6 Å². The molecule has 1 saturated heterocycles. The number of carbonyl (C=O) groups excluding carboxylic acids is 1. The van der Waals surface area contributed by atoms with Crippen LogP contribution in [-0.4, -0.2) is 28.8 Å². The SMILES string of the molecule is CC(C)C.CC(C)c1cc(C#N)cc2nc(-c3ccc(C(=O)CCC4CCN(c5ccc(C(F)(F)F)cn5)CC4)cc3)oc12. The Morgan fingerprint density at radius 3 is 2.25 bits per heavy atom. The zero-order valence-electron chi connectivity index (χ0n) is 25.9. The van der Waals surface area contributed by atoms with Crippen molar-refractivity contribution in [2.24, 2.45) is 11.8 Å². The minimum absolute atomic E-state index is 0.0664. The Labute approximate surface area is 256 Å². The minimum Gasteiger partial charge on any atom is -0.436 e. The number of hydrogen-bond acceptors (Lipinski definition) is 6. The van der Waals surface area contributed by atoms with Crippen LogP contribution in [0.15, 0.2) is 59.1 Å². The number of Topliss-reactive ketones (excluding diaryl/α,β-unsaturated/α-hetero) is 1. The number of pyridine rings is 1. The highest BCUT2D eigenvalue weighted by molar-refractivity contribution is 5.96. The van der Waals surface area contributed by atoms with Crippen LogP contribution in [0.1, 0.15) is 93.3 Å². The summed E-state index contributed by atoms with van der Waals surface area (Å²) in [6.07, 6.45) is -0.601. The molecule has 1 fully saturated rings. The second kappa shape index (κ2) is 14.1. The molecular weight excluding hydrogens is 565 g/mol. The van der Waals surface area contributed by atoms with Gasteiger partial charge in [-0.1, -0.05) is 46.8 Å². The van der Waals surface area contributed by atoms with E-state index < -0.39 is 11.7 Å². The van der Waals surface area contributed by atoms with Gasteiger partial charge >= 0.3 is 6.18 Å². The first-order valence-corrected chi connectivity index (χ1v) is 15.1. The third-order valence-electron chi connectivity index (χ3n) is 7.52. The second-order valence-corrected chi connectivity index (χ2v) is 12.3. The number of carbonyl (C=O) groups is 1. The highest BCUT2D eigenvalue weighted by Crippen LogP contribution is 2.33. The van der Waals surface area contributed by atoms with Gasteiger partial charge in [0.25, 0.3) is 0 Å². The largest absolute Gasteiger partial charge is 0.436 e. The summed E-state index contributed by atoms with van der Waals surface area (Å²) in [4.78, 5) is 23.5. The van der Waals surface area contributed by atoms with E-state index in [9.17, 15) is 23.2 Å². The van der Waals surface area contributed by atoms with E-state index in [1.54, 1.807) is 18.2 Å². The molecule has 0 atom stereocenters. The fourth-order valence-electron chi connectivity index (χ4n) is 5.15. The first kappa shape index (κ1) is 32.7. The predicted molar refractivity (Wildman–Crippen MR) is 167 cm³/mol. The smallest absolute Gasteiger partial charge is 0.417 e. The summed E-state index contributed by atoms with van der Waals surface area (Å²) in [5, 5.41) is 9.35. The van der Waals surface area contributed by atoms with Gasteiger partial charge in [-0.15, -0.1) is 0 Å². The third kappa shape index (κ3) is 8.25. The van der Waals surface area contributed by atoms with Crippen molar-refractivity contribution < 1.29 is 22.4 Å². The van der Waals surface area contributed by atoms with Crippen molar-refractivity contribution >= 4 is 22.7 Å². The number of nitriles is 1. The summed E-state index contributed by atoms with van der Waals surface area (Å²) < 4.78 is 44.4. The summed E-state index contributed by atoms with van der Waals surface area (Å²) in [5.74, 6) is 2.44. The van der Waals surface area contributed by atoms with Crippen LogP contribution in [0.25, 0.3) is 22.6 Å². The number of rotatable bonds is 7. The standard InChI is InChI=1S/C31H29F3N4O2.C4H10/c1-19(2)25-15-21(17-35)16-26-29(25)40-30(37-26)23-6-4-22(5-7-23)27(39)9-3-20-11-13-38(14-12-20)28-10-8-24(18-36-28)31(32,33)34;1-4(2)3/h4-8,10,15-16,18-20H,3,9,11-14H2,1-2H3;4H,1-3H3. The van der Waals surface area contributed by atoms with E-state index in [4.69, 9.17) is 4.42 Å². The molecule has 6 nitrogen and oxygen atoms in total. The number of anilines is 1. The maximum absolute atomic E-state index is 12.9. The van der Waals surface area contributed by atoms with Gasteiger partial charge in [0.2, 0.25) is 5.89 Å². The zero-order chi connectivity index (χ0) is 32.0. The summed E-state index contributed by atoms with van der Waals surface area (Å²) in [5.41, 5.74) is 3.41. The maximum atomic E-state index is 12.9. The summed E-state index contributed by atoms with van der Waals surface area (Å²) in [7, 11) is 0. The Kier molecular flexibility index (Phi) is 10.5. The Balaban J connectivity index is 0.00000104. The lowest BCUT2D eigenvalue weighted by Crippen LogP contribution is -2.34. The molecule has 0 aliphatic carbocycles. The van der Waals surface area contributed by atoms with Crippen LogP contribution in [0.2, 0.25) is 0 Å². The molecule has 0 amide bonds. The van der Waals surface area contributed by atoms with E-state index in [-0.39, 0.29) is 11.7 Å². The molecule has 4 aromatic rings. The first-order valence-electron chi connectivity index (χ1n) is 15.1. The van der Waals surface area contributed by atoms with E-state index in [1.807, 2.05) is 36.9 Å². The number of fused-ring (bicyclic) bond motifs is 1. The number of oxazole rings is 1. The van der Waals surface area contributed by atoms with Gasteiger partial charge < -0.3 is 9.32 Å². The van der Waals surface area contributed by atoms with Crippen molar-refractivity contribution in [3.8, 4) is 17.5 Å². The molecule has 0 saturated carbocycles. The number of benzene rings is 2. The fourth-order valence-corrected chi connectivity index (χ4v) is 5.15. The highest BCUT2D eigenvalue weighted by atomic mass is 19.4. The molecule has 1 aliphatic rings. The van der Waals surface area contributed by atoms with Gasteiger partial charge in [0.1, 0.15) is 11.3 Å². The molecule has 0 unspecified atom stereocenters. The molecule has 0 N–H and O–H groups in total. The second-order valence-electron chi connectivity index (χ2n) is 12.3. The zero-order valence-corrected chi connectivity index (χ0v) is 25.9. The Morgan fingerprint density at radius 1 is 1.05 bits per heavy atom. The van der Waals surface area contributed by atoms with Gasteiger partial charge in [-0.2, -0.15) is 18.4 Å². The Hall–Kier alpha value is -4.19. The van der Waals surface area contributed by atoms with Gasteiger partial charge in [0, 0.05) is 42.4 Å². The predicted octanol–water partition coefficient (Wildman–Crippen LogP) is 9.45. The quantitative estimate of drug-likeness (QED) is 0.195. The summed E-state index contributed by atoms with van der Waals surface area (Å²) >= 11 is 0. The van der Waals surface area contributed by atoms with E-state index >= 15 is 0 Å². The van der Waals surface area contributed by atoms with Crippen molar-refractivity contribution in [3.63, 3.8) is 0 Å². The molecule has 5 rings (SSSR count). The first-order chi connectivity index (χ1) is 20.8. The maximum Gasteiger partial charge on any atom is 0.417 e. The molecule has 9 heteroatoms. The number of piperidine rings is 1. The lowest BCUT2D eigenvalue weighted by atomic mass is 9.90. The number of alkyl halides is 3. The lowest BCUT2D eigenvalue weighted by molar-refractivity contribution is -0.137. The van der Waals surface area contributed by atoms with Crippen LogP contribution in [0.4, 0.5) is 19.0 Å². The number of hydrogen-bond donors (Lipinski definition) is 0. The topological polar surface area (TPSA) is 83.0 Å². The van der Waals surface area contributed by atoms with Gasteiger partial charge in [-0.3, -0.25) is 4.79 Å². The van der Waals surface area contributed by atoms with Crippen molar-refractivity contribution in [3.05, 3.63) is 77.0 Å². The molecule has 0 radical (unpaired) electrons. The molecular formula is C35H39F3N4O2. The summed E-state index contributed by atoms with van der Waals surface area (Å²) in [6.45, 7) is 12.0. The molecule has 1 aliphatic heterocycles. The van der Waals surface area contributed by atoms with E-state index in [0.29, 0.717) is 59.4 Å². The van der Waals surface area contributed by atoms with Crippen LogP contribution in [0.3, 0.4) is 0 Å². The van der Waals surface area contributed by atoms with E-state index in [2.05, 4.69) is 36.8 Å². The fraction of sp³-hybridized carbons (Fsp3) is 0.429. The van der Waals surface area contributed by atoms with E-state index in [1.165, 1.54) is 6.07 Å². The average Bonchev–Trinajstić information content (AvgIpc) is 3.43. The number of nitrogens with zero attached hydrogens (tertiary/aromatic N) is 4. The van der Waals surface area contributed by atoms with Crippen LogP contribution in [0.5, 0.6) is 0 Å². The van der Waals surface area contributed by atoms with Crippen LogP contribution in [-0.2, 0) is 6.18 Å². The highest BCUT2D eigenvalue weighted by Gasteiger charge is 2.31. The molecule has 3 heterocycles. The van der Waals surface area contributed by atoms with Crippen LogP contribution in [0, 0.1) is 23.2 Å². The Bertz CT molecular complexity index is 1590. The van der Waals surface area contributed by atoms with Crippen molar-refractivity contribution in [2.75, 3.05) is 18.0 Å². The van der Waals surface area contributed by atoms with Gasteiger partial charge in [0.05, 0.1) is 17.2 Å². The molecule has 0 bridgehead atoms. The number of halogens is 3. The number of ketones is 1. The molecule has 0 spiro atoms. The Morgan fingerprint density at radius 2 is 1.70 bits per heavy atom. The monoisotopic (exact) mass is 604 g/mol. The third-order valence-corrected chi connectivity index (χ3v) is 7.52. The minimum atomic E-state index is -4.39. The van der Waals surface area contributed by atoms with Crippen molar-refractivity contribution in [1.29, 1.82) is 5.26 Å². The van der Waals surface area contributed by atoms with Crippen molar-refractivity contribution in [2.45, 2.75) is 72.4 Å². The normalized spacial score (nSPS) is 14.1. The van der Waals surface area contributed by atoms with Crippen LogP contribution >= 0.6 is 0 Å². The average molecular weight is 605 g/mol. The number of aromatic nitrogens is 2. The van der Waals surface area contributed by atoms with Gasteiger partial charge in [-0.05, 0) is 73.4 Å². The van der Waals surface area contributed by atoms with Gasteiger partial charge in [-0.25, -0.2) is 9.97 Å². The lowest BCUT2D eigenvalue weighted by Gasteiger charge is -2.32. The summed E-state index contributed by atoms with van der Waals surface area (Å²) in [6, 6.07) is 15.4. The van der Waals surface area contributed by atoms with Crippen LogP contribution < -0.4 is 4.90 Å². The van der Waals surface area contributed by atoms with Gasteiger partial charge in [0.15, 0.2) is 11.4 Å². The molecule has 2 aromatic heterocycles.